The molecule has 2 rings (SSSR count). The van der Waals surface area contributed by atoms with Gasteiger partial charge in [-0.05, 0) is 43.4 Å². The maximum Gasteiger partial charge on any atom is 0.128 e. The number of nitrogens with two attached hydrogens (primary N) is 1. The minimum Gasteiger partial charge on any atom is -0.356 e. The molecule has 0 aliphatic carbocycles. The lowest BCUT2D eigenvalue weighted by Crippen LogP contribution is -2.34. The Morgan fingerprint density at radius 3 is 3.00 bits per heavy atom. The van der Waals surface area contributed by atoms with Gasteiger partial charge in [-0.15, -0.1) is 0 Å². The van der Waals surface area contributed by atoms with Crippen LogP contribution in [0.4, 0.5) is 5.82 Å². The zero-order valence-electron chi connectivity index (χ0n) is 10.0. The first-order valence-electron chi connectivity index (χ1n) is 6.19. The number of nitrogens with zero attached hydrogens (tertiary/aromatic N) is 2. The summed E-state index contributed by atoms with van der Waals surface area (Å²) in [6, 6.07) is 4.28. The largest absolute Gasteiger partial charge is 0.356 e. The topological polar surface area (TPSA) is 42.1 Å². The fourth-order valence-corrected chi connectivity index (χ4v) is 2.32. The van der Waals surface area contributed by atoms with Crippen molar-refractivity contribution >= 4 is 5.82 Å². The second-order valence-electron chi connectivity index (χ2n) is 4.76. The van der Waals surface area contributed by atoms with Gasteiger partial charge in [0, 0.05) is 19.3 Å². The molecule has 1 aromatic rings. The molecule has 3 heteroatoms. The highest BCUT2D eigenvalue weighted by molar-refractivity contribution is 5.39. The average molecular weight is 219 g/mol. The molecule has 0 aromatic carbocycles. The summed E-state index contributed by atoms with van der Waals surface area (Å²) in [7, 11) is 0. The minimum absolute atomic E-state index is 0.696. The quantitative estimate of drug-likeness (QED) is 0.843. The van der Waals surface area contributed by atoms with Crippen molar-refractivity contribution in [1.29, 1.82) is 0 Å². The molecule has 0 spiro atoms. The first-order chi connectivity index (χ1) is 7.79. The Morgan fingerprint density at radius 1 is 1.50 bits per heavy atom. The molecule has 2 N–H and O–H groups in total. The lowest BCUT2D eigenvalue weighted by molar-refractivity contribution is 0.444. The fourth-order valence-electron chi connectivity index (χ4n) is 2.32. The van der Waals surface area contributed by atoms with Crippen LogP contribution in [0.2, 0.25) is 0 Å². The van der Waals surface area contributed by atoms with Crippen LogP contribution in [0.15, 0.2) is 18.3 Å². The lowest BCUT2D eigenvalue weighted by Gasteiger charge is -2.31. The molecular formula is C13H21N3. The van der Waals surface area contributed by atoms with E-state index in [-0.39, 0.29) is 0 Å². The summed E-state index contributed by atoms with van der Waals surface area (Å²) in [6.45, 7) is 5.30. The maximum absolute atomic E-state index is 5.52. The molecule has 1 aromatic heterocycles. The van der Waals surface area contributed by atoms with E-state index in [1.54, 1.807) is 0 Å². The molecule has 1 fully saturated rings. The van der Waals surface area contributed by atoms with E-state index in [1.807, 2.05) is 6.20 Å². The van der Waals surface area contributed by atoms with Gasteiger partial charge in [0.15, 0.2) is 0 Å². The van der Waals surface area contributed by atoms with E-state index in [1.165, 1.54) is 18.4 Å². The molecule has 0 radical (unpaired) electrons. The van der Waals surface area contributed by atoms with Crippen molar-refractivity contribution in [1.82, 2.24) is 4.98 Å². The van der Waals surface area contributed by atoms with Crippen LogP contribution in [-0.4, -0.2) is 24.6 Å². The molecular weight excluding hydrogens is 198 g/mol. The molecule has 88 valence electrons. The molecule has 2 heterocycles. The van der Waals surface area contributed by atoms with Crippen LogP contribution in [0.5, 0.6) is 0 Å². The molecule has 1 aliphatic rings. The van der Waals surface area contributed by atoms with Gasteiger partial charge in [-0.2, -0.15) is 0 Å². The SMILES string of the molecule is CC1CCCN(c2ccc(CCN)cn2)C1. The predicted octanol–water partition coefficient (Wildman–Crippen LogP) is 1.82. The number of hydrogen-bond donors (Lipinski definition) is 1. The zero-order chi connectivity index (χ0) is 11.4. The smallest absolute Gasteiger partial charge is 0.128 e. The Labute approximate surface area is 97.7 Å². The number of aromatic nitrogens is 1. The highest BCUT2D eigenvalue weighted by Crippen LogP contribution is 2.21. The molecule has 0 bridgehead atoms. The Kier molecular flexibility index (Phi) is 3.78. The van der Waals surface area contributed by atoms with Crippen molar-refractivity contribution in [2.75, 3.05) is 24.5 Å². The summed E-state index contributed by atoms with van der Waals surface area (Å²) >= 11 is 0. The Bertz CT molecular complexity index is 320. The molecule has 1 unspecified atom stereocenters. The third-order valence-corrected chi connectivity index (χ3v) is 3.22. The summed E-state index contributed by atoms with van der Waals surface area (Å²) in [5.41, 5.74) is 6.75. The van der Waals surface area contributed by atoms with Gasteiger partial charge in [-0.1, -0.05) is 13.0 Å². The lowest BCUT2D eigenvalue weighted by atomic mass is 10.0. The van der Waals surface area contributed by atoms with Crippen molar-refractivity contribution in [2.45, 2.75) is 26.2 Å². The molecule has 1 atom stereocenters. The van der Waals surface area contributed by atoms with Crippen LogP contribution in [0, 0.1) is 5.92 Å². The van der Waals surface area contributed by atoms with Crippen molar-refractivity contribution in [3.05, 3.63) is 23.9 Å². The van der Waals surface area contributed by atoms with Crippen LogP contribution in [-0.2, 0) is 6.42 Å². The summed E-state index contributed by atoms with van der Waals surface area (Å²) in [5.74, 6) is 1.91. The first-order valence-corrected chi connectivity index (χ1v) is 6.19. The van der Waals surface area contributed by atoms with Gasteiger partial charge in [0.1, 0.15) is 5.82 Å². The second-order valence-corrected chi connectivity index (χ2v) is 4.76. The van der Waals surface area contributed by atoms with Crippen LogP contribution < -0.4 is 10.6 Å². The van der Waals surface area contributed by atoms with Gasteiger partial charge in [-0.3, -0.25) is 0 Å². The number of pyridine rings is 1. The van der Waals surface area contributed by atoms with E-state index in [2.05, 4.69) is 28.9 Å². The van der Waals surface area contributed by atoms with Crippen molar-refractivity contribution in [3.63, 3.8) is 0 Å². The highest BCUT2D eigenvalue weighted by Gasteiger charge is 2.17. The Balaban J connectivity index is 2.03. The van der Waals surface area contributed by atoms with Crippen LogP contribution in [0.3, 0.4) is 0 Å². The number of rotatable bonds is 3. The van der Waals surface area contributed by atoms with Crippen LogP contribution in [0.1, 0.15) is 25.3 Å². The molecule has 0 amide bonds. The standard InChI is InChI=1S/C13H21N3/c1-11-3-2-8-16(10-11)13-5-4-12(6-7-14)9-15-13/h4-5,9,11H,2-3,6-8,10,14H2,1H3. The van der Waals surface area contributed by atoms with Gasteiger partial charge >= 0.3 is 0 Å². The molecule has 3 nitrogen and oxygen atoms in total. The molecule has 1 aliphatic heterocycles. The normalized spacial score (nSPS) is 21.1. The summed E-state index contributed by atoms with van der Waals surface area (Å²) in [5, 5.41) is 0. The molecule has 1 saturated heterocycles. The average Bonchev–Trinajstić information content (AvgIpc) is 2.30. The van der Waals surface area contributed by atoms with Gasteiger partial charge in [0.2, 0.25) is 0 Å². The number of piperidine rings is 1. The van der Waals surface area contributed by atoms with Gasteiger partial charge < -0.3 is 10.6 Å². The fraction of sp³-hybridized carbons (Fsp3) is 0.615. The van der Waals surface area contributed by atoms with Gasteiger partial charge in [-0.25, -0.2) is 4.98 Å². The summed E-state index contributed by atoms with van der Waals surface area (Å²) in [6.07, 6.45) is 5.51. The van der Waals surface area contributed by atoms with E-state index >= 15 is 0 Å². The van der Waals surface area contributed by atoms with E-state index in [9.17, 15) is 0 Å². The zero-order valence-corrected chi connectivity index (χ0v) is 10.0. The maximum atomic E-state index is 5.52. The summed E-state index contributed by atoms with van der Waals surface area (Å²) < 4.78 is 0. The second kappa shape index (κ2) is 5.30. The van der Waals surface area contributed by atoms with Crippen LogP contribution >= 0.6 is 0 Å². The monoisotopic (exact) mass is 219 g/mol. The third-order valence-electron chi connectivity index (χ3n) is 3.22. The highest BCUT2D eigenvalue weighted by atomic mass is 15.2. The third kappa shape index (κ3) is 2.73. The summed E-state index contributed by atoms with van der Waals surface area (Å²) in [4.78, 5) is 6.92. The van der Waals surface area contributed by atoms with Crippen molar-refractivity contribution in [3.8, 4) is 0 Å². The molecule has 0 saturated carbocycles. The van der Waals surface area contributed by atoms with E-state index in [4.69, 9.17) is 5.73 Å². The van der Waals surface area contributed by atoms with Crippen molar-refractivity contribution in [2.24, 2.45) is 11.7 Å². The van der Waals surface area contributed by atoms with E-state index in [0.29, 0.717) is 6.54 Å². The first kappa shape index (κ1) is 11.4. The molecule has 16 heavy (non-hydrogen) atoms. The van der Waals surface area contributed by atoms with Gasteiger partial charge in [0.25, 0.3) is 0 Å². The van der Waals surface area contributed by atoms with Crippen molar-refractivity contribution < 1.29 is 0 Å². The minimum atomic E-state index is 0.696. The van der Waals surface area contributed by atoms with Gasteiger partial charge in [0.05, 0.1) is 0 Å². The Morgan fingerprint density at radius 2 is 2.38 bits per heavy atom. The predicted molar refractivity (Wildman–Crippen MR) is 67.6 cm³/mol. The number of hydrogen-bond acceptors (Lipinski definition) is 3. The Hall–Kier alpha value is -1.09. The van der Waals surface area contributed by atoms with Crippen LogP contribution in [0.25, 0.3) is 0 Å². The van der Waals surface area contributed by atoms with E-state index in [0.717, 1.165) is 31.2 Å². The number of anilines is 1. The van der Waals surface area contributed by atoms with E-state index < -0.39 is 0 Å².